The van der Waals surface area contributed by atoms with Crippen LogP contribution in [0.5, 0.6) is 0 Å². The average Bonchev–Trinajstić information content (AvgIpc) is 2.69. The van der Waals surface area contributed by atoms with Gasteiger partial charge >= 0.3 is 6.18 Å². The number of hydrogen-bond acceptors (Lipinski definition) is 3. The molecule has 0 fully saturated rings. The standard InChI is InChI=1S/C21H25ClF3N3O/c1-3-28(4-2)13-12-26-19(15-8-6-5-7-9-15)20(29)27-18-14-16(21(23,24)25)10-11-17(18)22/h5-11,14,19,26H,3-4,12-13H2,1-2H3,(H,27,29)/t19-/m0/s1. The van der Waals surface area contributed by atoms with Crippen molar-refractivity contribution in [2.24, 2.45) is 0 Å². The highest BCUT2D eigenvalue weighted by molar-refractivity contribution is 6.33. The number of alkyl halides is 3. The third kappa shape index (κ3) is 6.73. The maximum atomic E-state index is 13.0. The van der Waals surface area contributed by atoms with Gasteiger partial charge in [-0.05, 0) is 36.9 Å². The molecule has 158 valence electrons. The lowest BCUT2D eigenvalue weighted by molar-refractivity contribution is -0.137. The van der Waals surface area contributed by atoms with E-state index in [1.165, 1.54) is 0 Å². The lowest BCUT2D eigenvalue weighted by Gasteiger charge is -2.23. The van der Waals surface area contributed by atoms with Crippen molar-refractivity contribution >= 4 is 23.2 Å². The Kier molecular flexibility index (Phi) is 8.49. The fraction of sp³-hybridized carbons (Fsp3) is 0.381. The van der Waals surface area contributed by atoms with Crippen molar-refractivity contribution in [2.45, 2.75) is 26.1 Å². The number of carbonyl (C=O) groups is 1. The number of hydrogen-bond donors (Lipinski definition) is 2. The van der Waals surface area contributed by atoms with E-state index in [4.69, 9.17) is 11.6 Å². The van der Waals surface area contributed by atoms with Crippen LogP contribution in [-0.4, -0.2) is 37.0 Å². The van der Waals surface area contributed by atoms with E-state index >= 15 is 0 Å². The number of nitrogens with one attached hydrogen (secondary N) is 2. The van der Waals surface area contributed by atoms with Crippen LogP contribution in [0.2, 0.25) is 5.02 Å². The molecule has 2 aromatic rings. The molecule has 0 aromatic heterocycles. The molecule has 1 amide bonds. The molecule has 8 heteroatoms. The van der Waals surface area contributed by atoms with E-state index in [-0.39, 0.29) is 10.7 Å². The van der Waals surface area contributed by atoms with Crippen molar-refractivity contribution < 1.29 is 18.0 Å². The summed E-state index contributed by atoms with van der Waals surface area (Å²) in [7, 11) is 0. The van der Waals surface area contributed by atoms with Crippen molar-refractivity contribution in [2.75, 3.05) is 31.5 Å². The molecule has 2 N–H and O–H groups in total. The van der Waals surface area contributed by atoms with E-state index in [0.29, 0.717) is 12.1 Å². The Morgan fingerprint density at radius 3 is 2.34 bits per heavy atom. The molecule has 0 saturated heterocycles. The monoisotopic (exact) mass is 427 g/mol. The summed E-state index contributed by atoms with van der Waals surface area (Å²) in [5, 5.41) is 5.78. The van der Waals surface area contributed by atoms with Crippen molar-refractivity contribution in [1.29, 1.82) is 0 Å². The van der Waals surface area contributed by atoms with Gasteiger partial charge in [-0.25, -0.2) is 0 Å². The van der Waals surface area contributed by atoms with Crippen LogP contribution in [0.15, 0.2) is 48.5 Å². The molecule has 0 bridgehead atoms. The highest BCUT2D eigenvalue weighted by atomic mass is 35.5. The van der Waals surface area contributed by atoms with Crippen molar-refractivity contribution in [3.63, 3.8) is 0 Å². The third-order valence-electron chi connectivity index (χ3n) is 4.62. The fourth-order valence-corrected chi connectivity index (χ4v) is 3.08. The van der Waals surface area contributed by atoms with Gasteiger partial charge in [0.2, 0.25) is 5.91 Å². The molecule has 2 aromatic carbocycles. The number of likely N-dealkylation sites (N-methyl/N-ethyl adjacent to an activating group) is 1. The van der Waals surface area contributed by atoms with Gasteiger partial charge in [0.1, 0.15) is 6.04 Å². The Labute approximate surface area is 174 Å². The van der Waals surface area contributed by atoms with E-state index in [1.807, 2.05) is 6.07 Å². The molecule has 0 heterocycles. The lowest BCUT2D eigenvalue weighted by Crippen LogP contribution is -2.38. The summed E-state index contributed by atoms with van der Waals surface area (Å²) < 4.78 is 39.0. The van der Waals surface area contributed by atoms with Gasteiger partial charge in [-0.1, -0.05) is 55.8 Å². The number of carbonyl (C=O) groups excluding carboxylic acids is 1. The fourth-order valence-electron chi connectivity index (χ4n) is 2.92. The molecule has 0 spiro atoms. The number of anilines is 1. The molecular formula is C21H25ClF3N3O. The molecule has 0 aliphatic rings. The predicted molar refractivity (Wildman–Crippen MR) is 110 cm³/mol. The highest BCUT2D eigenvalue weighted by Crippen LogP contribution is 2.34. The Bertz CT molecular complexity index is 796. The maximum Gasteiger partial charge on any atom is 0.416 e. The van der Waals surface area contributed by atoms with Crippen molar-refractivity contribution in [3.8, 4) is 0 Å². The van der Waals surface area contributed by atoms with Crippen LogP contribution in [0.25, 0.3) is 0 Å². The zero-order chi connectivity index (χ0) is 21.4. The van der Waals surface area contributed by atoms with Crippen molar-refractivity contribution in [1.82, 2.24) is 10.2 Å². The molecule has 29 heavy (non-hydrogen) atoms. The smallest absolute Gasteiger partial charge is 0.323 e. The largest absolute Gasteiger partial charge is 0.416 e. The molecule has 1 atom stereocenters. The number of halogens is 4. The normalized spacial score (nSPS) is 12.8. The van der Waals surface area contributed by atoms with Crippen LogP contribution in [-0.2, 0) is 11.0 Å². The van der Waals surface area contributed by atoms with Crippen molar-refractivity contribution in [3.05, 3.63) is 64.7 Å². The Morgan fingerprint density at radius 1 is 1.10 bits per heavy atom. The summed E-state index contributed by atoms with van der Waals surface area (Å²) in [5.41, 5.74) is -0.228. The highest BCUT2D eigenvalue weighted by Gasteiger charge is 2.31. The Morgan fingerprint density at radius 2 is 1.76 bits per heavy atom. The second-order valence-electron chi connectivity index (χ2n) is 6.51. The Hall–Kier alpha value is -2.09. The van der Waals surface area contributed by atoms with Crippen LogP contribution in [0, 0.1) is 0 Å². The topological polar surface area (TPSA) is 44.4 Å². The van der Waals surface area contributed by atoms with E-state index in [9.17, 15) is 18.0 Å². The zero-order valence-electron chi connectivity index (χ0n) is 16.4. The van der Waals surface area contributed by atoms with Gasteiger partial charge in [0.05, 0.1) is 16.3 Å². The number of rotatable bonds is 9. The van der Waals surface area contributed by atoms with Crippen LogP contribution in [0.4, 0.5) is 18.9 Å². The van der Waals surface area contributed by atoms with E-state index in [2.05, 4.69) is 29.4 Å². The third-order valence-corrected chi connectivity index (χ3v) is 4.95. The SMILES string of the molecule is CCN(CC)CCN[C@H](C(=O)Nc1cc(C(F)(F)F)ccc1Cl)c1ccccc1. The van der Waals surface area contributed by atoms with Gasteiger partial charge in [-0.2, -0.15) is 13.2 Å². The van der Waals surface area contributed by atoms with E-state index < -0.39 is 23.7 Å². The zero-order valence-corrected chi connectivity index (χ0v) is 17.1. The van der Waals surface area contributed by atoms with Crippen LogP contribution in [0.3, 0.4) is 0 Å². The summed E-state index contributed by atoms with van der Waals surface area (Å²) in [6.45, 7) is 7.18. The number of nitrogens with zero attached hydrogens (tertiary/aromatic N) is 1. The van der Waals surface area contributed by atoms with Crippen LogP contribution >= 0.6 is 11.6 Å². The first-order valence-electron chi connectivity index (χ1n) is 9.44. The molecule has 0 aliphatic carbocycles. The first-order chi connectivity index (χ1) is 13.8. The second kappa shape index (κ2) is 10.6. The van der Waals surface area contributed by atoms with Gasteiger partial charge in [-0.15, -0.1) is 0 Å². The quantitative estimate of drug-likeness (QED) is 0.593. The number of amides is 1. The molecular weight excluding hydrogens is 403 g/mol. The van der Waals surface area contributed by atoms with Gasteiger partial charge in [0.25, 0.3) is 0 Å². The molecule has 0 saturated carbocycles. The van der Waals surface area contributed by atoms with E-state index in [1.54, 1.807) is 24.3 Å². The average molecular weight is 428 g/mol. The van der Waals surface area contributed by atoms with Gasteiger partial charge in [0.15, 0.2) is 0 Å². The van der Waals surface area contributed by atoms with Crippen LogP contribution < -0.4 is 10.6 Å². The number of benzene rings is 2. The minimum absolute atomic E-state index is 0.0429. The minimum atomic E-state index is -4.52. The second-order valence-corrected chi connectivity index (χ2v) is 6.91. The molecule has 2 rings (SSSR count). The summed E-state index contributed by atoms with van der Waals surface area (Å²) in [6.07, 6.45) is -4.52. The summed E-state index contributed by atoms with van der Waals surface area (Å²) >= 11 is 6.02. The van der Waals surface area contributed by atoms with Gasteiger partial charge in [-0.3, -0.25) is 4.79 Å². The molecule has 4 nitrogen and oxygen atoms in total. The summed E-state index contributed by atoms with van der Waals surface area (Å²) in [4.78, 5) is 15.1. The summed E-state index contributed by atoms with van der Waals surface area (Å²) in [6, 6.07) is 11.2. The predicted octanol–water partition coefficient (Wildman–Crippen LogP) is 4.97. The first-order valence-corrected chi connectivity index (χ1v) is 9.82. The first kappa shape index (κ1) is 23.2. The van der Waals surface area contributed by atoms with Gasteiger partial charge < -0.3 is 15.5 Å². The summed E-state index contributed by atoms with van der Waals surface area (Å²) in [5.74, 6) is -0.475. The minimum Gasteiger partial charge on any atom is -0.323 e. The lowest BCUT2D eigenvalue weighted by atomic mass is 10.1. The van der Waals surface area contributed by atoms with E-state index in [0.717, 1.165) is 37.8 Å². The van der Waals surface area contributed by atoms with Crippen LogP contribution in [0.1, 0.15) is 31.0 Å². The maximum absolute atomic E-state index is 13.0. The Balaban J connectivity index is 2.19. The molecule has 0 radical (unpaired) electrons. The van der Waals surface area contributed by atoms with Gasteiger partial charge in [0, 0.05) is 13.1 Å². The molecule has 0 aliphatic heterocycles. The molecule has 0 unspecified atom stereocenters.